The first kappa shape index (κ1) is 20.4. The average molecular weight is 409 g/mol. The minimum Gasteiger partial charge on any atom is -0.387 e. The Morgan fingerprint density at radius 1 is 1.17 bits per heavy atom. The van der Waals surface area contributed by atoms with Crippen LogP contribution in [0.4, 0.5) is 11.6 Å². The van der Waals surface area contributed by atoms with E-state index in [0.29, 0.717) is 17.6 Å². The molecule has 0 bridgehead atoms. The second kappa shape index (κ2) is 7.45. The first-order valence-electron chi connectivity index (χ1n) is 10.2. The van der Waals surface area contributed by atoms with Crippen LogP contribution in [0.3, 0.4) is 0 Å². The van der Waals surface area contributed by atoms with Gasteiger partial charge in [-0.2, -0.15) is 0 Å². The van der Waals surface area contributed by atoms with E-state index in [0.717, 1.165) is 22.5 Å². The highest BCUT2D eigenvalue weighted by atomic mass is 16.4. The molecule has 158 valence electrons. The topological polar surface area (TPSA) is 109 Å². The maximum Gasteiger partial charge on any atom is 0.227 e. The summed E-state index contributed by atoms with van der Waals surface area (Å²) in [6, 6.07) is 8.00. The molecule has 3 N–H and O–H groups in total. The molecule has 8 nitrogen and oxygen atoms in total. The smallest absolute Gasteiger partial charge is 0.227 e. The molecule has 3 aromatic rings. The molecule has 2 heterocycles. The third-order valence-corrected chi connectivity index (χ3v) is 5.63. The molecule has 0 unspecified atom stereocenters. The largest absolute Gasteiger partial charge is 0.387 e. The lowest BCUT2D eigenvalue weighted by Crippen LogP contribution is -2.50. The van der Waals surface area contributed by atoms with E-state index in [1.54, 1.807) is 37.8 Å². The summed E-state index contributed by atoms with van der Waals surface area (Å²) >= 11 is 0. The van der Waals surface area contributed by atoms with Crippen LogP contribution >= 0.6 is 0 Å². The fourth-order valence-corrected chi connectivity index (χ4v) is 3.19. The van der Waals surface area contributed by atoms with Crippen LogP contribution in [0.2, 0.25) is 0 Å². The van der Waals surface area contributed by atoms with Gasteiger partial charge in [0.15, 0.2) is 0 Å². The van der Waals surface area contributed by atoms with E-state index in [2.05, 4.69) is 25.6 Å². The Kier molecular flexibility index (Phi) is 5.07. The number of nitrogens with one attached hydrogen (secondary N) is 1. The van der Waals surface area contributed by atoms with Gasteiger partial charge in [0.05, 0.1) is 18.3 Å². The van der Waals surface area contributed by atoms with E-state index in [9.17, 15) is 10.2 Å². The number of aromatic nitrogens is 5. The van der Waals surface area contributed by atoms with Gasteiger partial charge >= 0.3 is 0 Å². The van der Waals surface area contributed by atoms with Gasteiger partial charge in [0.2, 0.25) is 5.95 Å². The van der Waals surface area contributed by atoms with Crippen LogP contribution < -0.4 is 5.32 Å². The number of anilines is 2. The maximum absolute atomic E-state index is 10.5. The molecule has 0 saturated heterocycles. The molecule has 0 aliphatic heterocycles. The van der Waals surface area contributed by atoms with E-state index in [1.165, 1.54) is 12.8 Å². The number of aliphatic hydroxyl groups is 2. The number of hydrogen-bond donors (Lipinski definition) is 3. The average Bonchev–Trinajstić information content (AvgIpc) is 3.40. The third-order valence-electron chi connectivity index (χ3n) is 5.63. The minimum absolute atomic E-state index is 0.127. The molecule has 0 amide bonds. The van der Waals surface area contributed by atoms with Gasteiger partial charge in [0.25, 0.3) is 0 Å². The molecule has 4 rings (SSSR count). The van der Waals surface area contributed by atoms with Gasteiger partial charge in [-0.05, 0) is 70.4 Å². The Hall–Kier alpha value is -2.84. The van der Waals surface area contributed by atoms with Crippen molar-refractivity contribution in [3.8, 4) is 11.3 Å². The summed E-state index contributed by atoms with van der Waals surface area (Å²) in [5.41, 5.74) is 1.98. The van der Waals surface area contributed by atoms with Crippen LogP contribution in [0.25, 0.3) is 11.3 Å². The van der Waals surface area contributed by atoms with Gasteiger partial charge in [0.1, 0.15) is 11.3 Å². The SMILES string of the molecule is Cc1cc(Nc2nccc(C3CC3)n2)cc(-c2cn(C[C@](C)(O)C(C)(C)O)nn2)c1. The Balaban J connectivity index is 1.55. The lowest BCUT2D eigenvalue weighted by molar-refractivity contribution is -0.129. The molecule has 1 aliphatic rings. The number of hydrogen-bond acceptors (Lipinski definition) is 7. The van der Waals surface area contributed by atoms with Gasteiger partial charge in [-0.15, -0.1) is 5.10 Å². The molecule has 2 aromatic heterocycles. The predicted octanol–water partition coefficient (Wildman–Crippen LogP) is 3.19. The molecule has 1 aromatic carbocycles. The summed E-state index contributed by atoms with van der Waals surface area (Å²) in [5.74, 6) is 1.15. The number of benzene rings is 1. The standard InChI is InChI=1S/C22H28N6O2/c1-14-9-16(19-12-28(27-26-19)13-22(4,30)21(2,3)29)11-17(10-14)24-20-23-8-7-18(25-20)15-5-6-15/h7-12,15,29-30H,5-6,13H2,1-4H3,(H,23,24,25)/t22-/m0/s1. The molecule has 0 radical (unpaired) electrons. The molecule has 0 spiro atoms. The van der Waals surface area contributed by atoms with Crippen molar-refractivity contribution in [2.24, 2.45) is 0 Å². The van der Waals surface area contributed by atoms with Crippen molar-refractivity contribution in [1.82, 2.24) is 25.0 Å². The van der Waals surface area contributed by atoms with E-state index in [4.69, 9.17) is 0 Å². The Morgan fingerprint density at radius 2 is 1.93 bits per heavy atom. The predicted molar refractivity (Wildman–Crippen MR) is 114 cm³/mol. The van der Waals surface area contributed by atoms with Crippen molar-refractivity contribution in [3.05, 3.63) is 47.9 Å². The van der Waals surface area contributed by atoms with Crippen molar-refractivity contribution >= 4 is 11.6 Å². The molecule has 30 heavy (non-hydrogen) atoms. The molecular weight excluding hydrogens is 380 g/mol. The van der Waals surface area contributed by atoms with Crippen LogP contribution in [0.15, 0.2) is 36.7 Å². The van der Waals surface area contributed by atoms with Gasteiger partial charge < -0.3 is 15.5 Å². The molecule has 1 saturated carbocycles. The van der Waals surface area contributed by atoms with Crippen LogP contribution in [-0.2, 0) is 6.54 Å². The van der Waals surface area contributed by atoms with Crippen molar-refractivity contribution in [1.29, 1.82) is 0 Å². The van der Waals surface area contributed by atoms with Gasteiger partial charge in [0, 0.05) is 29.1 Å². The van der Waals surface area contributed by atoms with E-state index in [1.807, 2.05) is 31.2 Å². The molecule has 8 heteroatoms. The van der Waals surface area contributed by atoms with Gasteiger partial charge in [-0.1, -0.05) is 5.21 Å². The summed E-state index contributed by atoms with van der Waals surface area (Å²) in [6.45, 7) is 6.87. The highest BCUT2D eigenvalue weighted by molar-refractivity contribution is 5.68. The van der Waals surface area contributed by atoms with E-state index < -0.39 is 11.2 Å². The monoisotopic (exact) mass is 408 g/mol. The number of aryl methyl sites for hydroxylation is 1. The zero-order chi connectivity index (χ0) is 21.5. The molecular formula is C22H28N6O2. The van der Waals surface area contributed by atoms with Crippen molar-refractivity contribution < 1.29 is 10.2 Å². The van der Waals surface area contributed by atoms with Gasteiger partial charge in [-0.25, -0.2) is 14.6 Å². The van der Waals surface area contributed by atoms with Crippen LogP contribution in [0, 0.1) is 6.92 Å². The Morgan fingerprint density at radius 3 is 2.63 bits per heavy atom. The number of nitrogens with zero attached hydrogens (tertiary/aromatic N) is 5. The minimum atomic E-state index is -1.35. The molecule has 1 atom stereocenters. The van der Waals surface area contributed by atoms with Gasteiger partial charge in [-0.3, -0.25) is 0 Å². The van der Waals surface area contributed by atoms with Crippen LogP contribution in [0.1, 0.15) is 50.8 Å². The van der Waals surface area contributed by atoms with Crippen molar-refractivity contribution in [2.45, 2.75) is 64.2 Å². The quantitative estimate of drug-likeness (QED) is 0.551. The normalized spacial score (nSPS) is 16.3. The van der Waals surface area contributed by atoms with E-state index >= 15 is 0 Å². The molecule has 1 fully saturated rings. The second-order valence-corrected chi connectivity index (χ2v) is 8.93. The first-order chi connectivity index (χ1) is 14.1. The third kappa shape index (κ3) is 4.49. The Bertz CT molecular complexity index is 1050. The fraction of sp³-hybridized carbons (Fsp3) is 0.455. The summed E-state index contributed by atoms with van der Waals surface area (Å²) in [4.78, 5) is 8.96. The van der Waals surface area contributed by atoms with E-state index in [-0.39, 0.29) is 6.54 Å². The van der Waals surface area contributed by atoms with Crippen LogP contribution in [-0.4, -0.2) is 46.4 Å². The second-order valence-electron chi connectivity index (χ2n) is 8.93. The zero-order valence-corrected chi connectivity index (χ0v) is 17.8. The van der Waals surface area contributed by atoms with Crippen LogP contribution in [0.5, 0.6) is 0 Å². The summed E-state index contributed by atoms with van der Waals surface area (Å²) < 4.78 is 1.55. The summed E-state index contributed by atoms with van der Waals surface area (Å²) in [7, 11) is 0. The zero-order valence-electron chi connectivity index (χ0n) is 17.8. The first-order valence-corrected chi connectivity index (χ1v) is 10.2. The fourth-order valence-electron chi connectivity index (χ4n) is 3.19. The highest BCUT2D eigenvalue weighted by Crippen LogP contribution is 2.39. The number of rotatable bonds is 7. The summed E-state index contributed by atoms with van der Waals surface area (Å²) in [5, 5.41) is 32.4. The maximum atomic E-state index is 10.5. The molecule has 1 aliphatic carbocycles. The summed E-state index contributed by atoms with van der Waals surface area (Å²) in [6.07, 6.45) is 5.95. The highest BCUT2D eigenvalue weighted by Gasteiger charge is 2.38. The lowest BCUT2D eigenvalue weighted by Gasteiger charge is -2.35. The lowest BCUT2D eigenvalue weighted by atomic mass is 9.88. The Labute approximate surface area is 176 Å². The van der Waals surface area contributed by atoms with Crippen molar-refractivity contribution in [3.63, 3.8) is 0 Å². The van der Waals surface area contributed by atoms with Crippen molar-refractivity contribution in [2.75, 3.05) is 5.32 Å².